The molecule has 2 heterocycles. The Hall–Kier alpha value is -4.11. The van der Waals surface area contributed by atoms with Crippen molar-refractivity contribution in [2.75, 3.05) is 0 Å². The van der Waals surface area contributed by atoms with Crippen molar-refractivity contribution in [3.05, 3.63) is 96.2 Å². The van der Waals surface area contributed by atoms with Crippen molar-refractivity contribution in [3.63, 3.8) is 0 Å². The number of rotatable bonds is 5. The molecule has 0 unspecified atom stereocenters. The van der Waals surface area contributed by atoms with Gasteiger partial charge in [0, 0.05) is 19.8 Å². The monoisotopic (exact) mass is 584 g/mol. The third kappa shape index (κ3) is 4.88. The molecule has 0 fully saturated rings. The second-order valence-corrected chi connectivity index (χ2v) is 9.74. The van der Waals surface area contributed by atoms with Crippen LogP contribution in [0.15, 0.2) is 57.0 Å². The number of benzene rings is 2. The zero-order valence-electron chi connectivity index (χ0n) is 21.2. The lowest BCUT2D eigenvalue weighted by Gasteiger charge is -2.20. The maximum atomic E-state index is 13.7. The van der Waals surface area contributed by atoms with Crippen LogP contribution >= 0.6 is 0 Å². The van der Waals surface area contributed by atoms with Gasteiger partial charge < -0.3 is 10.2 Å². The van der Waals surface area contributed by atoms with Crippen LogP contribution in [0.4, 0.5) is 26.3 Å². The predicted molar refractivity (Wildman–Crippen MR) is 133 cm³/mol. The number of alkyl halides is 6. The average Bonchev–Trinajstić information content (AvgIpc) is 3.40. The summed E-state index contributed by atoms with van der Waals surface area (Å²) in [5, 5.41) is 19.8. The van der Waals surface area contributed by atoms with Gasteiger partial charge in [0.1, 0.15) is 0 Å². The summed E-state index contributed by atoms with van der Waals surface area (Å²) in [6, 6.07) is 6.18. The van der Waals surface area contributed by atoms with Crippen LogP contribution < -0.4 is 16.9 Å². The maximum absolute atomic E-state index is 13.7. The van der Waals surface area contributed by atoms with Crippen LogP contribution in [0, 0.1) is 0 Å². The highest BCUT2D eigenvalue weighted by molar-refractivity contribution is 5.78. The highest BCUT2D eigenvalue weighted by atomic mass is 19.4. The molecule has 0 aliphatic heterocycles. The zero-order valence-corrected chi connectivity index (χ0v) is 21.2. The molecule has 1 aliphatic rings. The Morgan fingerprint density at radius 3 is 2.32 bits per heavy atom. The average molecular weight is 584 g/mol. The second kappa shape index (κ2) is 9.76. The van der Waals surface area contributed by atoms with E-state index in [9.17, 15) is 50.9 Å². The van der Waals surface area contributed by atoms with Gasteiger partial charge in [-0.25, -0.2) is 9.59 Å². The van der Waals surface area contributed by atoms with E-state index in [1.165, 1.54) is 31.3 Å². The Morgan fingerprint density at radius 2 is 1.68 bits per heavy atom. The van der Waals surface area contributed by atoms with Gasteiger partial charge in [-0.1, -0.05) is 12.1 Å². The van der Waals surface area contributed by atoms with E-state index < -0.39 is 65.7 Å². The van der Waals surface area contributed by atoms with E-state index >= 15 is 0 Å². The van der Waals surface area contributed by atoms with Gasteiger partial charge in [0.05, 0.1) is 40.3 Å². The number of aromatic nitrogens is 4. The van der Waals surface area contributed by atoms with E-state index in [1.54, 1.807) is 0 Å². The van der Waals surface area contributed by atoms with Crippen LogP contribution in [0.5, 0.6) is 0 Å². The number of hydrogen-bond donors (Lipinski definition) is 2. The predicted octanol–water partition coefficient (Wildman–Crippen LogP) is 3.14. The van der Waals surface area contributed by atoms with E-state index in [4.69, 9.17) is 0 Å². The normalized spacial score (nSPS) is 15.7. The van der Waals surface area contributed by atoms with Gasteiger partial charge in [-0.2, -0.15) is 26.3 Å². The molecule has 41 heavy (non-hydrogen) atoms. The lowest BCUT2D eigenvalue weighted by atomic mass is 10.0. The van der Waals surface area contributed by atoms with Crippen molar-refractivity contribution in [1.82, 2.24) is 18.3 Å². The molecule has 218 valence electrons. The van der Waals surface area contributed by atoms with Crippen molar-refractivity contribution in [1.29, 1.82) is 0 Å². The van der Waals surface area contributed by atoms with Crippen LogP contribution in [0.2, 0.25) is 0 Å². The zero-order chi connectivity index (χ0) is 30.0. The number of imidazole rings is 1. The number of halogens is 6. The van der Waals surface area contributed by atoms with Gasteiger partial charge in [0.15, 0.2) is 6.29 Å². The number of aryl methyl sites for hydroxylation is 2. The van der Waals surface area contributed by atoms with Crippen LogP contribution in [-0.4, -0.2) is 34.7 Å². The van der Waals surface area contributed by atoms with E-state index in [-0.39, 0.29) is 40.7 Å². The molecule has 0 saturated carbocycles. The number of hydrogen-bond acceptors (Lipinski definition) is 5. The Kier molecular flexibility index (Phi) is 6.77. The molecule has 0 saturated heterocycles. The summed E-state index contributed by atoms with van der Waals surface area (Å²) in [5.74, 6) is 0. The molecule has 2 aromatic heterocycles. The minimum atomic E-state index is -4.68. The fourth-order valence-electron chi connectivity index (χ4n) is 5.40. The second-order valence-electron chi connectivity index (χ2n) is 9.74. The van der Waals surface area contributed by atoms with Gasteiger partial charge in [-0.3, -0.25) is 23.1 Å². The molecule has 2 N–H and O–H groups in total. The van der Waals surface area contributed by atoms with Crippen molar-refractivity contribution in [2.45, 2.75) is 50.5 Å². The van der Waals surface area contributed by atoms with Crippen molar-refractivity contribution >= 4 is 11.0 Å². The smallest absolute Gasteiger partial charge is 0.364 e. The number of fused-ring (bicyclic) bond motifs is 2. The summed E-state index contributed by atoms with van der Waals surface area (Å²) < 4.78 is 83.0. The molecule has 0 radical (unpaired) electrons. The first-order chi connectivity index (χ1) is 19.1. The minimum Gasteiger partial charge on any atom is -0.364 e. The summed E-state index contributed by atoms with van der Waals surface area (Å²) in [5.41, 5.74) is -4.23. The molecule has 1 aliphatic carbocycles. The molecule has 2 aromatic carbocycles. The summed E-state index contributed by atoms with van der Waals surface area (Å²) in [6.45, 7) is -0.710. The molecule has 5 rings (SSSR count). The third-order valence-corrected chi connectivity index (χ3v) is 7.31. The van der Waals surface area contributed by atoms with Crippen molar-refractivity contribution in [2.24, 2.45) is 7.05 Å². The molecular formula is C26H22F6N4O5. The first-order valence-corrected chi connectivity index (χ1v) is 12.3. The van der Waals surface area contributed by atoms with Crippen LogP contribution in [0.25, 0.3) is 16.7 Å². The van der Waals surface area contributed by atoms with Gasteiger partial charge in [0.25, 0.3) is 5.56 Å². The lowest BCUT2D eigenvalue weighted by molar-refractivity contribution is -0.138. The van der Waals surface area contributed by atoms with E-state index in [0.29, 0.717) is 4.57 Å². The molecule has 9 nitrogen and oxygen atoms in total. The van der Waals surface area contributed by atoms with E-state index in [2.05, 4.69) is 0 Å². The fraction of sp³-hybridized carbons (Fsp3) is 0.346. The molecule has 1 atom stereocenters. The summed E-state index contributed by atoms with van der Waals surface area (Å²) in [7, 11) is 1.35. The standard InChI is InChI=1S/C26H22F6N4O5/c1-33-19-7-5-13(11-20(19)34(23(33)40)10-9-25(27,28)29)35-12-16(22(38)39)21(37)36(24(35)41)18-8-6-14-15(18)3-2-4-17(14)26(30,31)32/h2-5,7,11-12,18,22,38-39H,6,8-10H2,1H3/t18-/m1/s1. The van der Waals surface area contributed by atoms with Gasteiger partial charge in [0.2, 0.25) is 0 Å². The first-order valence-electron chi connectivity index (χ1n) is 12.3. The third-order valence-electron chi connectivity index (χ3n) is 7.31. The molecule has 0 bridgehead atoms. The number of nitrogens with zero attached hydrogens (tertiary/aromatic N) is 4. The minimum absolute atomic E-state index is 0.0354. The highest BCUT2D eigenvalue weighted by Crippen LogP contribution is 2.41. The summed E-state index contributed by atoms with van der Waals surface area (Å²) >= 11 is 0. The van der Waals surface area contributed by atoms with Gasteiger partial charge >= 0.3 is 23.7 Å². The van der Waals surface area contributed by atoms with Crippen LogP contribution in [-0.2, 0) is 26.2 Å². The maximum Gasteiger partial charge on any atom is 0.416 e. The quantitative estimate of drug-likeness (QED) is 0.277. The molecule has 15 heteroatoms. The number of aliphatic hydroxyl groups excluding tert-OH is 1. The summed E-state index contributed by atoms with van der Waals surface area (Å²) in [6.07, 6.45) is -12.2. The van der Waals surface area contributed by atoms with Crippen LogP contribution in [0.1, 0.15) is 47.4 Å². The molecular weight excluding hydrogens is 562 g/mol. The Bertz CT molecular complexity index is 1850. The Balaban J connectivity index is 1.72. The largest absolute Gasteiger partial charge is 0.416 e. The van der Waals surface area contributed by atoms with E-state index in [0.717, 1.165) is 32.0 Å². The van der Waals surface area contributed by atoms with E-state index in [1.807, 2.05) is 0 Å². The molecule has 4 aromatic rings. The summed E-state index contributed by atoms with van der Waals surface area (Å²) in [4.78, 5) is 39.6. The highest BCUT2D eigenvalue weighted by Gasteiger charge is 2.38. The Labute approximate surface area is 225 Å². The fourth-order valence-corrected chi connectivity index (χ4v) is 5.40. The first kappa shape index (κ1) is 28.4. The van der Waals surface area contributed by atoms with Crippen molar-refractivity contribution in [3.8, 4) is 5.69 Å². The van der Waals surface area contributed by atoms with Gasteiger partial charge in [-0.05, 0) is 48.2 Å². The number of aliphatic hydroxyl groups is 2. The van der Waals surface area contributed by atoms with Crippen LogP contribution in [0.3, 0.4) is 0 Å². The van der Waals surface area contributed by atoms with Gasteiger partial charge in [-0.15, -0.1) is 0 Å². The SMILES string of the molecule is Cn1c(=O)n(CCC(F)(F)F)c2cc(-n3cc(C(O)O)c(=O)n([C@@H]4CCc5c4cccc5C(F)(F)F)c3=O)ccc21. The molecule has 0 amide bonds. The lowest BCUT2D eigenvalue weighted by Crippen LogP contribution is -2.43. The topological polar surface area (TPSA) is 111 Å². The van der Waals surface area contributed by atoms with Crippen molar-refractivity contribution < 1.29 is 36.6 Å². The Morgan fingerprint density at radius 1 is 0.976 bits per heavy atom. The molecule has 0 spiro atoms.